The van der Waals surface area contributed by atoms with Crippen molar-refractivity contribution in [2.75, 3.05) is 5.75 Å². The fraction of sp³-hybridized carbons (Fsp3) is 0.176. The average molecular weight is 344 g/mol. The third-order valence-corrected chi connectivity index (χ3v) is 5.45. The summed E-state index contributed by atoms with van der Waals surface area (Å²) >= 11 is 0. The summed E-state index contributed by atoms with van der Waals surface area (Å²) in [6.07, 6.45) is 0. The van der Waals surface area contributed by atoms with E-state index < -0.39 is 15.8 Å². The van der Waals surface area contributed by atoms with Crippen LogP contribution in [0.1, 0.15) is 22.8 Å². The minimum absolute atomic E-state index is 0.0335. The predicted octanol–water partition coefficient (Wildman–Crippen LogP) is 2.58. The summed E-state index contributed by atoms with van der Waals surface area (Å²) in [4.78, 5) is 15.2. The molecule has 0 spiro atoms. The molecule has 0 unspecified atom stereocenters. The molecule has 0 fully saturated rings. The summed E-state index contributed by atoms with van der Waals surface area (Å²) in [7, 11) is -3.47. The van der Waals surface area contributed by atoms with E-state index in [0.717, 1.165) is 11.1 Å². The fourth-order valence-electron chi connectivity index (χ4n) is 2.51. The van der Waals surface area contributed by atoms with E-state index in [1.54, 1.807) is 29.7 Å². The Hall–Kier alpha value is -2.67. The number of aromatic nitrogens is 2. The van der Waals surface area contributed by atoms with Gasteiger partial charge < -0.3 is 9.67 Å². The molecular weight excluding hydrogens is 328 g/mol. The molecule has 3 aromatic rings. The lowest BCUT2D eigenvalue weighted by molar-refractivity contribution is 0.0697. The smallest absolute Gasteiger partial charge is 0.335 e. The van der Waals surface area contributed by atoms with Crippen LogP contribution in [0.5, 0.6) is 0 Å². The molecule has 1 aromatic heterocycles. The molecule has 0 aliphatic heterocycles. The van der Waals surface area contributed by atoms with E-state index in [9.17, 15) is 13.2 Å². The van der Waals surface area contributed by atoms with Crippen LogP contribution in [-0.2, 0) is 16.4 Å². The van der Waals surface area contributed by atoms with Gasteiger partial charge in [0.2, 0.25) is 15.0 Å². The molecule has 124 valence electrons. The number of nitrogens with zero attached hydrogens (tertiary/aromatic N) is 2. The average Bonchev–Trinajstić information content (AvgIpc) is 2.95. The van der Waals surface area contributed by atoms with Gasteiger partial charge in [0.05, 0.1) is 28.9 Å². The number of fused-ring (bicyclic) bond motifs is 1. The first kappa shape index (κ1) is 16.2. The first-order valence-electron chi connectivity index (χ1n) is 7.42. The molecular formula is C17H16N2O4S. The molecule has 0 bridgehead atoms. The van der Waals surface area contributed by atoms with Crippen molar-refractivity contribution in [3.8, 4) is 0 Å². The van der Waals surface area contributed by atoms with E-state index in [0.29, 0.717) is 12.1 Å². The number of hydrogen-bond acceptors (Lipinski definition) is 4. The van der Waals surface area contributed by atoms with Crippen molar-refractivity contribution < 1.29 is 18.3 Å². The molecule has 0 radical (unpaired) electrons. The molecule has 7 heteroatoms. The maximum atomic E-state index is 12.4. The SMILES string of the molecule is CCS(=O)(=O)c1nc2ccccc2n1Cc1ccc(C(=O)O)cc1. The Morgan fingerprint density at radius 1 is 1.12 bits per heavy atom. The second-order valence-corrected chi connectivity index (χ2v) is 7.55. The molecule has 0 atom stereocenters. The summed E-state index contributed by atoms with van der Waals surface area (Å²) in [5, 5.41) is 9.00. The minimum Gasteiger partial charge on any atom is -0.478 e. The van der Waals surface area contributed by atoms with Gasteiger partial charge in [-0.2, -0.15) is 0 Å². The number of aromatic carboxylic acids is 1. The van der Waals surface area contributed by atoms with Gasteiger partial charge in [-0.25, -0.2) is 18.2 Å². The van der Waals surface area contributed by atoms with Gasteiger partial charge in [0.1, 0.15) is 0 Å². The third kappa shape index (κ3) is 2.90. The normalized spacial score (nSPS) is 11.7. The Morgan fingerprint density at radius 2 is 1.79 bits per heavy atom. The van der Waals surface area contributed by atoms with Gasteiger partial charge in [0, 0.05) is 0 Å². The quantitative estimate of drug-likeness (QED) is 0.768. The number of carboxylic acids is 1. The van der Waals surface area contributed by atoms with Crippen molar-refractivity contribution in [1.29, 1.82) is 0 Å². The van der Waals surface area contributed by atoms with E-state index in [2.05, 4.69) is 4.98 Å². The van der Waals surface area contributed by atoms with Crippen molar-refractivity contribution in [2.45, 2.75) is 18.6 Å². The highest BCUT2D eigenvalue weighted by Crippen LogP contribution is 2.22. The lowest BCUT2D eigenvalue weighted by Gasteiger charge is -2.09. The zero-order chi connectivity index (χ0) is 17.3. The highest BCUT2D eigenvalue weighted by atomic mass is 32.2. The van der Waals surface area contributed by atoms with Gasteiger partial charge in [-0.05, 0) is 29.8 Å². The molecule has 0 amide bonds. The van der Waals surface area contributed by atoms with Crippen LogP contribution in [0.3, 0.4) is 0 Å². The van der Waals surface area contributed by atoms with E-state index in [-0.39, 0.29) is 16.5 Å². The zero-order valence-corrected chi connectivity index (χ0v) is 13.8. The van der Waals surface area contributed by atoms with Gasteiger partial charge >= 0.3 is 5.97 Å². The molecule has 0 saturated carbocycles. The predicted molar refractivity (Wildman–Crippen MR) is 90.0 cm³/mol. The van der Waals surface area contributed by atoms with Crippen molar-refractivity contribution >= 4 is 26.8 Å². The maximum Gasteiger partial charge on any atom is 0.335 e. The standard InChI is InChI=1S/C17H16N2O4S/c1-2-24(22,23)17-18-14-5-3-4-6-15(14)19(17)11-12-7-9-13(10-8-12)16(20)21/h3-10H,2,11H2,1H3,(H,20,21). The Morgan fingerprint density at radius 3 is 2.42 bits per heavy atom. The number of para-hydroxylation sites is 2. The van der Waals surface area contributed by atoms with Crippen molar-refractivity contribution in [3.63, 3.8) is 0 Å². The van der Waals surface area contributed by atoms with Crippen molar-refractivity contribution in [2.24, 2.45) is 0 Å². The molecule has 3 rings (SSSR count). The second-order valence-electron chi connectivity index (χ2n) is 5.37. The van der Waals surface area contributed by atoms with E-state index >= 15 is 0 Å². The van der Waals surface area contributed by atoms with E-state index in [1.165, 1.54) is 12.1 Å². The first-order chi connectivity index (χ1) is 11.4. The highest BCUT2D eigenvalue weighted by Gasteiger charge is 2.22. The molecule has 0 aliphatic rings. The third-order valence-electron chi connectivity index (χ3n) is 3.82. The number of hydrogen-bond donors (Lipinski definition) is 1. The lowest BCUT2D eigenvalue weighted by atomic mass is 10.1. The topological polar surface area (TPSA) is 89.3 Å². The molecule has 0 saturated heterocycles. The van der Waals surface area contributed by atoms with Crippen LogP contribution in [0.25, 0.3) is 11.0 Å². The maximum absolute atomic E-state index is 12.4. The summed E-state index contributed by atoms with van der Waals surface area (Å²) in [6.45, 7) is 1.88. The van der Waals surface area contributed by atoms with Crippen LogP contribution >= 0.6 is 0 Å². The lowest BCUT2D eigenvalue weighted by Crippen LogP contribution is -2.13. The fourth-order valence-corrected chi connectivity index (χ4v) is 3.50. The van der Waals surface area contributed by atoms with E-state index in [1.807, 2.05) is 18.2 Å². The molecule has 1 N–H and O–H groups in total. The van der Waals surface area contributed by atoms with Gasteiger partial charge in [-0.1, -0.05) is 31.2 Å². The Kier molecular flexibility index (Phi) is 4.11. The van der Waals surface area contributed by atoms with Crippen LogP contribution < -0.4 is 0 Å². The van der Waals surface area contributed by atoms with Crippen LogP contribution in [0, 0.1) is 0 Å². The molecule has 6 nitrogen and oxygen atoms in total. The van der Waals surface area contributed by atoms with E-state index in [4.69, 9.17) is 5.11 Å². The monoisotopic (exact) mass is 344 g/mol. The van der Waals surface area contributed by atoms with Gasteiger partial charge in [0.15, 0.2) is 0 Å². The minimum atomic E-state index is -3.47. The highest BCUT2D eigenvalue weighted by molar-refractivity contribution is 7.91. The number of sulfone groups is 1. The summed E-state index contributed by atoms with van der Waals surface area (Å²) in [5.41, 5.74) is 2.34. The Bertz CT molecular complexity index is 1000. The first-order valence-corrected chi connectivity index (χ1v) is 9.08. The second kappa shape index (κ2) is 6.09. The summed E-state index contributed by atoms with van der Waals surface area (Å²) in [5.74, 6) is -1.03. The number of carboxylic acid groups (broad SMARTS) is 1. The van der Waals surface area contributed by atoms with Crippen LogP contribution in [0.4, 0.5) is 0 Å². The zero-order valence-electron chi connectivity index (χ0n) is 13.0. The largest absolute Gasteiger partial charge is 0.478 e. The van der Waals surface area contributed by atoms with Crippen LogP contribution in [0.15, 0.2) is 53.7 Å². The van der Waals surface area contributed by atoms with Gasteiger partial charge in [0.25, 0.3) is 0 Å². The van der Waals surface area contributed by atoms with Crippen molar-refractivity contribution in [1.82, 2.24) is 9.55 Å². The molecule has 2 aromatic carbocycles. The van der Waals surface area contributed by atoms with Gasteiger partial charge in [-0.15, -0.1) is 0 Å². The molecule has 0 aliphatic carbocycles. The van der Waals surface area contributed by atoms with Crippen molar-refractivity contribution in [3.05, 3.63) is 59.7 Å². The Labute approximate surface area is 139 Å². The Balaban J connectivity index is 2.10. The van der Waals surface area contributed by atoms with Gasteiger partial charge in [-0.3, -0.25) is 0 Å². The summed E-state index contributed by atoms with van der Waals surface area (Å²) < 4.78 is 26.4. The molecule has 1 heterocycles. The summed E-state index contributed by atoms with van der Waals surface area (Å²) in [6, 6.07) is 13.6. The van der Waals surface area contributed by atoms with Crippen LogP contribution in [-0.4, -0.2) is 34.8 Å². The molecule has 24 heavy (non-hydrogen) atoms. The number of rotatable bonds is 5. The van der Waals surface area contributed by atoms with Crippen LogP contribution in [0.2, 0.25) is 0 Å². The number of carbonyl (C=O) groups is 1. The number of benzene rings is 2. The number of imidazole rings is 1.